The highest BCUT2D eigenvalue weighted by Gasteiger charge is 2.00. The number of nitrogens with zero attached hydrogens (tertiary/aromatic N) is 3. The molecule has 2 rings (SSSR count). The van der Waals surface area contributed by atoms with Crippen LogP contribution in [0.15, 0.2) is 28.6 Å². The first-order valence-electron chi connectivity index (χ1n) is 3.97. The Morgan fingerprint density at radius 1 is 1.57 bits per heavy atom. The predicted octanol–water partition coefficient (Wildman–Crippen LogP) is 0.330. The summed E-state index contributed by atoms with van der Waals surface area (Å²) >= 11 is 1.49. The van der Waals surface area contributed by atoms with Gasteiger partial charge in [-0.2, -0.15) is 5.10 Å². The van der Waals surface area contributed by atoms with Crippen LogP contribution in [0.1, 0.15) is 5.01 Å². The lowest BCUT2D eigenvalue weighted by Gasteiger charge is -2.00. The number of aromatic nitrogens is 3. The third kappa shape index (κ3) is 1.80. The Morgan fingerprint density at radius 2 is 2.43 bits per heavy atom. The molecule has 2 N–H and O–H groups in total. The molecule has 2 aromatic heterocycles. The Hall–Kier alpha value is -1.69. The number of hydrogen-bond donors (Lipinski definition) is 1. The Morgan fingerprint density at radius 3 is 3.07 bits per heavy atom. The number of rotatable bonds is 2. The Labute approximate surface area is 83.8 Å². The second-order valence-corrected chi connectivity index (χ2v) is 3.69. The molecule has 14 heavy (non-hydrogen) atoms. The molecule has 0 unspecified atom stereocenters. The summed E-state index contributed by atoms with van der Waals surface area (Å²) in [6, 6.07) is 1.35. The van der Waals surface area contributed by atoms with E-state index in [2.05, 4.69) is 10.1 Å². The first kappa shape index (κ1) is 8.89. The molecule has 0 aromatic carbocycles. The summed E-state index contributed by atoms with van der Waals surface area (Å²) in [5.74, 6) is 0. The predicted molar refractivity (Wildman–Crippen MR) is 54.1 cm³/mol. The van der Waals surface area contributed by atoms with Crippen molar-refractivity contribution in [2.75, 3.05) is 5.73 Å². The fraction of sp³-hybridized carbons (Fsp3) is 0.125. The van der Waals surface area contributed by atoms with Crippen LogP contribution in [0.25, 0.3) is 0 Å². The minimum atomic E-state index is -0.208. The molecular weight excluding hydrogens is 200 g/mol. The van der Waals surface area contributed by atoms with Gasteiger partial charge in [0.05, 0.1) is 18.4 Å². The third-order valence-corrected chi connectivity index (χ3v) is 2.42. The van der Waals surface area contributed by atoms with Crippen LogP contribution in [0.3, 0.4) is 0 Å². The highest BCUT2D eigenvalue weighted by atomic mass is 32.1. The van der Waals surface area contributed by atoms with Crippen molar-refractivity contribution in [3.05, 3.63) is 39.2 Å². The van der Waals surface area contributed by atoms with Crippen molar-refractivity contribution in [3.8, 4) is 0 Å². The number of hydrogen-bond acceptors (Lipinski definition) is 5. The van der Waals surface area contributed by atoms with Crippen LogP contribution in [0, 0.1) is 0 Å². The first-order chi connectivity index (χ1) is 6.75. The molecule has 0 amide bonds. The van der Waals surface area contributed by atoms with Gasteiger partial charge in [0.15, 0.2) is 0 Å². The fourth-order valence-electron chi connectivity index (χ4n) is 1.03. The molecule has 0 spiro atoms. The van der Waals surface area contributed by atoms with Gasteiger partial charge in [0.1, 0.15) is 5.01 Å². The molecule has 0 bridgehead atoms. The molecule has 0 fully saturated rings. The number of nitrogen functional groups attached to an aromatic ring is 1. The van der Waals surface area contributed by atoms with Crippen LogP contribution in [-0.4, -0.2) is 14.8 Å². The largest absolute Gasteiger partial charge is 0.397 e. The van der Waals surface area contributed by atoms with Crippen molar-refractivity contribution >= 4 is 17.0 Å². The molecule has 0 saturated heterocycles. The Balaban J connectivity index is 2.30. The zero-order valence-corrected chi connectivity index (χ0v) is 8.07. The minimum absolute atomic E-state index is 0.208. The van der Waals surface area contributed by atoms with E-state index in [1.165, 1.54) is 28.3 Å². The zero-order valence-electron chi connectivity index (χ0n) is 7.25. The highest BCUT2D eigenvalue weighted by Crippen LogP contribution is 2.04. The van der Waals surface area contributed by atoms with Gasteiger partial charge in [-0.05, 0) is 0 Å². The monoisotopic (exact) mass is 208 g/mol. The van der Waals surface area contributed by atoms with Gasteiger partial charge in [0.2, 0.25) is 0 Å². The summed E-state index contributed by atoms with van der Waals surface area (Å²) in [7, 11) is 0. The minimum Gasteiger partial charge on any atom is -0.397 e. The van der Waals surface area contributed by atoms with E-state index in [1.807, 2.05) is 5.38 Å². The molecule has 0 saturated carbocycles. The van der Waals surface area contributed by atoms with Crippen LogP contribution in [0.4, 0.5) is 5.69 Å². The van der Waals surface area contributed by atoms with E-state index in [1.54, 1.807) is 6.20 Å². The summed E-state index contributed by atoms with van der Waals surface area (Å²) in [6.45, 7) is 0.400. The van der Waals surface area contributed by atoms with Gasteiger partial charge < -0.3 is 5.73 Å². The number of anilines is 1. The lowest BCUT2D eigenvalue weighted by molar-refractivity contribution is 0.637. The van der Waals surface area contributed by atoms with Gasteiger partial charge in [0.25, 0.3) is 5.56 Å². The molecular formula is C8H8N4OS. The molecule has 2 heterocycles. The topological polar surface area (TPSA) is 73.8 Å². The van der Waals surface area contributed by atoms with Gasteiger partial charge in [-0.1, -0.05) is 0 Å². The first-order valence-corrected chi connectivity index (χ1v) is 4.85. The standard InChI is InChI=1S/C8H8N4OS/c9-6-3-8(13)12(11-4-6)5-7-10-1-2-14-7/h1-4H,5,9H2. The van der Waals surface area contributed by atoms with E-state index >= 15 is 0 Å². The molecule has 2 aromatic rings. The lowest BCUT2D eigenvalue weighted by atomic mass is 10.5. The average Bonchev–Trinajstić information content (AvgIpc) is 2.62. The SMILES string of the molecule is Nc1cnn(Cc2nccs2)c(=O)c1. The van der Waals surface area contributed by atoms with Crippen molar-refractivity contribution in [2.45, 2.75) is 6.54 Å². The van der Waals surface area contributed by atoms with Crippen molar-refractivity contribution < 1.29 is 0 Å². The molecule has 0 aliphatic heterocycles. The molecule has 0 radical (unpaired) electrons. The van der Waals surface area contributed by atoms with E-state index in [9.17, 15) is 4.79 Å². The van der Waals surface area contributed by atoms with Gasteiger partial charge in [-0.3, -0.25) is 4.79 Å². The van der Waals surface area contributed by atoms with Gasteiger partial charge >= 0.3 is 0 Å². The van der Waals surface area contributed by atoms with E-state index in [0.29, 0.717) is 12.2 Å². The van der Waals surface area contributed by atoms with E-state index < -0.39 is 0 Å². The maximum absolute atomic E-state index is 11.4. The smallest absolute Gasteiger partial charge is 0.269 e. The summed E-state index contributed by atoms with van der Waals surface area (Å²) in [5, 5.41) is 6.61. The van der Waals surface area contributed by atoms with Gasteiger partial charge in [0, 0.05) is 17.6 Å². The van der Waals surface area contributed by atoms with Crippen LogP contribution in [0.5, 0.6) is 0 Å². The summed E-state index contributed by atoms with van der Waals surface area (Å²) in [5.41, 5.74) is 5.58. The molecule has 6 heteroatoms. The van der Waals surface area contributed by atoms with Crippen molar-refractivity contribution in [1.29, 1.82) is 0 Å². The second-order valence-electron chi connectivity index (χ2n) is 2.71. The highest BCUT2D eigenvalue weighted by molar-refractivity contribution is 7.09. The van der Waals surface area contributed by atoms with E-state index in [4.69, 9.17) is 5.73 Å². The maximum atomic E-state index is 11.4. The van der Waals surface area contributed by atoms with Crippen LogP contribution in [-0.2, 0) is 6.54 Å². The average molecular weight is 208 g/mol. The zero-order chi connectivity index (χ0) is 9.97. The third-order valence-electron chi connectivity index (χ3n) is 1.66. The summed E-state index contributed by atoms with van der Waals surface area (Å²) in [6.07, 6.45) is 3.15. The van der Waals surface area contributed by atoms with Crippen molar-refractivity contribution in [1.82, 2.24) is 14.8 Å². The molecule has 72 valence electrons. The van der Waals surface area contributed by atoms with Crippen LogP contribution < -0.4 is 11.3 Å². The Bertz CT molecular complexity index is 476. The lowest BCUT2D eigenvalue weighted by Crippen LogP contribution is -2.22. The van der Waals surface area contributed by atoms with Crippen LogP contribution in [0.2, 0.25) is 0 Å². The normalized spacial score (nSPS) is 10.3. The summed E-state index contributed by atoms with van der Waals surface area (Å²) < 4.78 is 1.33. The van der Waals surface area contributed by atoms with E-state index in [0.717, 1.165) is 5.01 Å². The summed E-state index contributed by atoms with van der Waals surface area (Å²) in [4.78, 5) is 15.4. The van der Waals surface area contributed by atoms with Crippen molar-refractivity contribution in [2.24, 2.45) is 0 Å². The maximum Gasteiger partial charge on any atom is 0.269 e. The fourth-order valence-corrected chi connectivity index (χ4v) is 1.62. The number of nitrogens with two attached hydrogens (primary N) is 1. The quantitative estimate of drug-likeness (QED) is 0.771. The molecule has 0 aliphatic carbocycles. The van der Waals surface area contributed by atoms with Crippen LogP contribution >= 0.6 is 11.3 Å². The second kappa shape index (κ2) is 3.59. The Kier molecular flexibility index (Phi) is 2.28. The number of thiazole rings is 1. The van der Waals surface area contributed by atoms with Crippen molar-refractivity contribution in [3.63, 3.8) is 0 Å². The van der Waals surface area contributed by atoms with E-state index in [-0.39, 0.29) is 5.56 Å². The molecule has 0 aliphatic rings. The van der Waals surface area contributed by atoms with Gasteiger partial charge in [-0.15, -0.1) is 11.3 Å². The van der Waals surface area contributed by atoms with Gasteiger partial charge in [-0.25, -0.2) is 9.67 Å². The molecule has 5 nitrogen and oxygen atoms in total. The molecule has 0 atom stereocenters.